The first kappa shape index (κ1) is 18.7. The van der Waals surface area contributed by atoms with E-state index in [1.54, 1.807) is 12.8 Å². The van der Waals surface area contributed by atoms with Gasteiger partial charge in [0.15, 0.2) is 0 Å². The normalized spacial score (nSPS) is 39.2. The van der Waals surface area contributed by atoms with Crippen LogP contribution in [0.4, 0.5) is 0 Å². The van der Waals surface area contributed by atoms with Gasteiger partial charge in [-0.3, -0.25) is 0 Å². The number of hydrogen-bond donors (Lipinski definition) is 0. The van der Waals surface area contributed by atoms with Crippen LogP contribution < -0.4 is 0 Å². The van der Waals surface area contributed by atoms with Crippen molar-refractivity contribution in [1.82, 2.24) is 0 Å². The lowest BCUT2D eigenvalue weighted by atomic mass is 9.56. The first-order valence-electron chi connectivity index (χ1n) is 11.4. The standard InChI is InChI=1S/C23H42O/c1-3-5-6-7-8-15-24-21-12-14-23-20(17-21)11-10-19-16-18(4-2)9-13-22(19)23/h18-23H,3-17H2,1-2H3/t18-,19?,20?,21-,22?,23?/m0/s1. The quantitative estimate of drug-likeness (QED) is 0.434. The third-order valence-electron chi connectivity index (χ3n) is 7.78. The number of unbranched alkanes of at least 4 members (excludes halogenated alkanes) is 4. The van der Waals surface area contributed by atoms with Gasteiger partial charge in [-0.1, -0.05) is 52.4 Å². The molecule has 3 aliphatic rings. The first-order valence-corrected chi connectivity index (χ1v) is 11.4. The lowest BCUT2D eigenvalue weighted by Crippen LogP contribution is -2.42. The number of ether oxygens (including phenoxy) is 1. The van der Waals surface area contributed by atoms with E-state index >= 15 is 0 Å². The van der Waals surface area contributed by atoms with E-state index in [2.05, 4.69) is 13.8 Å². The van der Waals surface area contributed by atoms with Gasteiger partial charge in [0.25, 0.3) is 0 Å². The van der Waals surface area contributed by atoms with Crippen molar-refractivity contribution < 1.29 is 4.74 Å². The Hall–Kier alpha value is -0.0400. The van der Waals surface area contributed by atoms with Crippen LogP contribution >= 0.6 is 0 Å². The molecule has 1 heteroatoms. The van der Waals surface area contributed by atoms with Crippen LogP contribution in [0, 0.1) is 29.6 Å². The molecule has 3 fully saturated rings. The number of fused-ring (bicyclic) bond motifs is 3. The van der Waals surface area contributed by atoms with Crippen molar-refractivity contribution in [2.24, 2.45) is 29.6 Å². The van der Waals surface area contributed by atoms with E-state index in [0.29, 0.717) is 6.10 Å². The molecule has 0 heterocycles. The van der Waals surface area contributed by atoms with Crippen LogP contribution in [0.1, 0.15) is 104 Å². The summed E-state index contributed by atoms with van der Waals surface area (Å²) < 4.78 is 6.28. The minimum Gasteiger partial charge on any atom is -0.378 e. The average molecular weight is 335 g/mol. The molecule has 4 unspecified atom stereocenters. The summed E-state index contributed by atoms with van der Waals surface area (Å²) in [5, 5.41) is 0. The highest BCUT2D eigenvalue weighted by Crippen LogP contribution is 2.53. The van der Waals surface area contributed by atoms with E-state index in [-0.39, 0.29) is 0 Å². The molecule has 0 saturated heterocycles. The van der Waals surface area contributed by atoms with E-state index in [1.165, 1.54) is 77.0 Å². The lowest BCUT2D eigenvalue weighted by Gasteiger charge is -2.50. The zero-order chi connectivity index (χ0) is 16.8. The van der Waals surface area contributed by atoms with Crippen LogP contribution in [0.15, 0.2) is 0 Å². The average Bonchev–Trinajstić information content (AvgIpc) is 2.63. The van der Waals surface area contributed by atoms with Crippen molar-refractivity contribution in [2.75, 3.05) is 6.61 Å². The van der Waals surface area contributed by atoms with Gasteiger partial charge in [0.1, 0.15) is 0 Å². The second-order valence-corrected chi connectivity index (χ2v) is 9.23. The third-order valence-corrected chi connectivity index (χ3v) is 7.78. The van der Waals surface area contributed by atoms with Crippen molar-refractivity contribution in [3.63, 3.8) is 0 Å². The lowest BCUT2D eigenvalue weighted by molar-refractivity contribution is -0.0536. The highest BCUT2D eigenvalue weighted by atomic mass is 16.5. The Bertz CT molecular complexity index is 352. The van der Waals surface area contributed by atoms with E-state index in [1.807, 2.05) is 0 Å². The van der Waals surface area contributed by atoms with Gasteiger partial charge in [-0.15, -0.1) is 0 Å². The second kappa shape index (κ2) is 9.60. The Labute approximate surface area is 151 Å². The van der Waals surface area contributed by atoms with Crippen molar-refractivity contribution in [2.45, 2.75) is 110 Å². The Kier molecular flexibility index (Phi) is 7.50. The molecule has 0 aromatic rings. The molecule has 140 valence electrons. The van der Waals surface area contributed by atoms with Gasteiger partial charge in [0.05, 0.1) is 6.10 Å². The van der Waals surface area contributed by atoms with Crippen molar-refractivity contribution >= 4 is 0 Å². The molecule has 0 aromatic carbocycles. The smallest absolute Gasteiger partial charge is 0.0578 e. The maximum absolute atomic E-state index is 6.28. The van der Waals surface area contributed by atoms with Crippen molar-refractivity contribution in [1.29, 1.82) is 0 Å². The minimum atomic E-state index is 0.598. The van der Waals surface area contributed by atoms with Crippen LogP contribution in [-0.4, -0.2) is 12.7 Å². The molecule has 3 saturated carbocycles. The molecular weight excluding hydrogens is 292 g/mol. The molecule has 0 radical (unpaired) electrons. The van der Waals surface area contributed by atoms with Crippen molar-refractivity contribution in [3.05, 3.63) is 0 Å². The Balaban J connectivity index is 1.38. The summed E-state index contributed by atoms with van der Waals surface area (Å²) in [6, 6.07) is 0. The summed E-state index contributed by atoms with van der Waals surface area (Å²) in [7, 11) is 0. The molecule has 0 spiro atoms. The molecule has 0 bridgehead atoms. The van der Waals surface area contributed by atoms with Gasteiger partial charge in [0, 0.05) is 6.61 Å². The zero-order valence-corrected chi connectivity index (χ0v) is 16.5. The fourth-order valence-corrected chi connectivity index (χ4v) is 6.33. The molecule has 0 N–H and O–H groups in total. The zero-order valence-electron chi connectivity index (χ0n) is 16.5. The van der Waals surface area contributed by atoms with Crippen LogP contribution in [-0.2, 0) is 4.74 Å². The predicted molar refractivity (Wildman–Crippen MR) is 103 cm³/mol. The van der Waals surface area contributed by atoms with Gasteiger partial charge in [-0.25, -0.2) is 0 Å². The van der Waals surface area contributed by atoms with E-state index < -0.39 is 0 Å². The monoisotopic (exact) mass is 334 g/mol. The molecular formula is C23H42O. The summed E-state index contributed by atoms with van der Waals surface area (Å²) >= 11 is 0. The molecule has 0 aromatic heterocycles. The van der Waals surface area contributed by atoms with Crippen LogP contribution in [0.2, 0.25) is 0 Å². The van der Waals surface area contributed by atoms with E-state index in [0.717, 1.165) is 36.2 Å². The molecule has 1 nitrogen and oxygen atoms in total. The SMILES string of the molecule is CCCCCCCO[C@H]1CCC2C(CCC3C[C@@H](CC)CCC32)C1. The van der Waals surface area contributed by atoms with Gasteiger partial charge in [-0.2, -0.15) is 0 Å². The van der Waals surface area contributed by atoms with Gasteiger partial charge < -0.3 is 4.74 Å². The van der Waals surface area contributed by atoms with E-state index in [4.69, 9.17) is 4.74 Å². The second-order valence-electron chi connectivity index (χ2n) is 9.23. The topological polar surface area (TPSA) is 9.23 Å². The largest absolute Gasteiger partial charge is 0.378 e. The highest BCUT2D eigenvalue weighted by Gasteiger charge is 2.44. The fraction of sp³-hybridized carbons (Fsp3) is 1.00. The maximum Gasteiger partial charge on any atom is 0.0578 e. The van der Waals surface area contributed by atoms with E-state index in [9.17, 15) is 0 Å². The first-order chi connectivity index (χ1) is 11.8. The third kappa shape index (κ3) is 4.77. The highest BCUT2D eigenvalue weighted by molar-refractivity contribution is 4.94. The molecule has 3 aliphatic carbocycles. The van der Waals surface area contributed by atoms with Crippen LogP contribution in [0.5, 0.6) is 0 Å². The Morgan fingerprint density at radius 3 is 2.17 bits per heavy atom. The summed E-state index contributed by atoms with van der Waals surface area (Å²) in [4.78, 5) is 0. The minimum absolute atomic E-state index is 0.598. The summed E-state index contributed by atoms with van der Waals surface area (Å²) in [5.74, 6) is 5.28. The molecule has 0 aliphatic heterocycles. The summed E-state index contributed by atoms with van der Waals surface area (Å²) in [6.07, 6.45) is 20.7. The number of rotatable bonds is 8. The van der Waals surface area contributed by atoms with Gasteiger partial charge >= 0.3 is 0 Å². The van der Waals surface area contributed by atoms with Crippen LogP contribution in [0.25, 0.3) is 0 Å². The summed E-state index contributed by atoms with van der Waals surface area (Å²) in [6.45, 7) is 5.72. The predicted octanol–water partition coefficient (Wildman–Crippen LogP) is 6.99. The Morgan fingerprint density at radius 1 is 0.708 bits per heavy atom. The number of hydrogen-bond acceptors (Lipinski definition) is 1. The van der Waals surface area contributed by atoms with Crippen molar-refractivity contribution in [3.8, 4) is 0 Å². The summed E-state index contributed by atoms with van der Waals surface area (Å²) in [5.41, 5.74) is 0. The molecule has 0 amide bonds. The molecule has 24 heavy (non-hydrogen) atoms. The van der Waals surface area contributed by atoms with Crippen LogP contribution in [0.3, 0.4) is 0 Å². The molecule has 3 rings (SSSR count). The molecule has 6 atom stereocenters. The Morgan fingerprint density at radius 2 is 1.42 bits per heavy atom. The maximum atomic E-state index is 6.28. The van der Waals surface area contributed by atoms with Gasteiger partial charge in [0.2, 0.25) is 0 Å². The van der Waals surface area contributed by atoms with Gasteiger partial charge in [-0.05, 0) is 81.0 Å². The fourth-order valence-electron chi connectivity index (χ4n) is 6.33.